The van der Waals surface area contributed by atoms with Crippen LogP contribution in [0.4, 0.5) is 4.39 Å². The van der Waals surface area contributed by atoms with Crippen LogP contribution in [-0.2, 0) is 19.2 Å². The Morgan fingerprint density at radius 2 is 1.75 bits per heavy atom. The molecule has 1 saturated carbocycles. The van der Waals surface area contributed by atoms with Crippen LogP contribution in [-0.4, -0.2) is 39.4 Å². The van der Waals surface area contributed by atoms with Gasteiger partial charge in [-0.25, -0.2) is 4.39 Å². The number of carbonyl (C=O) groups excluding carboxylic acids is 4. The van der Waals surface area contributed by atoms with Gasteiger partial charge in [-0.05, 0) is 62.3 Å². The third-order valence-corrected chi connectivity index (χ3v) is 8.84. The number of likely N-dealkylation sites (tertiary alicyclic amines) is 1. The average Bonchev–Trinajstić information content (AvgIpc) is 3.13. The van der Waals surface area contributed by atoms with Gasteiger partial charge in [0.05, 0.1) is 11.8 Å². The van der Waals surface area contributed by atoms with Crippen LogP contribution in [0, 0.1) is 23.6 Å². The summed E-state index contributed by atoms with van der Waals surface area (Å²) >= 11 is 0. The number of carbonyl (C=O) groups is 4. The Hall–Kier alpha value is -3.35. The monoisotopic (exact) mass is 489 g/mol. The van der Waals surface area contributed by atoms with Gasteiger partial charge in [-0.2, -0.15) is 0 Å². The predicted molar refractivity (Wildman–Crippen MR) is 128 cm³/mol. The first-order valence-electron chi connectivity index (χ1n) is 12.8. The standard InChI is InChI=1S/C29H28FNO5/c1-14-11-23(33)20-13-19-17(24(26(20)27(14)34)15-7-10-22(32)21(30)12-15)8-9-18-25(19)29(36)31(28(18)35)16-5-3-2-4-6-16/h7-8,10-12,16,18-19,24-25,32H,2-6,9,13H2,1H3. The molecule has 2 amide bonds. The van der Waals surface area contributed by atoms with E-state index in [4.69, 9.17) is 0 Å². The van der Waals surface area contributed by atoms with Crippen molar-refractivity contribution in [3.8, 4) is 5.75 Å². The van der Waals surface area contributed by atoms with E-state index in [2.05, 4.69) is 0 Å². The van der Waals surface area contributed by atoms with E-state index >= 15 is 0 Å². The molecule has 4 unspecified atom stereocenters. The molecule has 6 rings (SSSR count). The summed E-state index contributed by atoms with van der Waals surface area (Å²) in [6.07, 6.45) is 8.61. The Bertz CT molecular complexity index is 1310. The summed E-state index contributed by atoms with van der Waals surface area (Å²) < 4.78 is 14.5. The second-order valence-corrected chi connectivity index (χ2v) is 10.8. The van der Waals surface area contributed by atoms with Crippen molar-refractivity contribution >= 4 is 23.4 Å². The van der Waals surface area contributed by atoms with Gasteiger partial charge in [-0.3, -0.25) is 24.1 Å². The number of allylic oxidation sites excluding steroid dienone is 6. The zero-order chi connectivity index (χ0) is 25.3. The number of amides is 2. The van der Waals surface area contributed by atoms with E-state index in [0.29, 0.717) is 28.7 Å². The fraction of sp³-hybridized carbons (Fsp3) is 0.448. The summed E-state index contributed by atoms with van der Waals surface area (Å²) in [5.41, 5.74) is 2.24. The van der Waals surface area contributed by atoms with Crippen molar-refractivity contribution in [2.75, 3.05) is 0 Å². The van der Waals surface area contributed by atoms with Crippen molar-refractivity contribution in [1.29, 1.82) is 0 Å². The summed E-state index contributed by atoms with van der Waals surface area (Å²) in [7, 11) is 0. The summed E-state index contributed by atoms with van der Waals surface area (Å²) in [5.74, 6) is -4.33. The highest BCUT2D eigenvalue weighted by Gasteiger charge is 2.57. The number of aromatic hydroxyl groups is 1. The fourth-order valence-electron chi connectivity index (χ4n) is 7.17. The number of phenols is 1. The number of imide groups is 1. The number of fused-ring (bicyclic) bond motifs is 3. The van der Waals surface area contributed by atoms with Gasteiger partial charge in [0.2, 0.25) is 11.8 Å². The van der Waals surface area contributed by atoms with Gasteiger partial charge in [0, 0.05) is 28.7 Å². The lowest BCUT2D eigenvalue weighted by molar-refractivity contribution is -0.143. The number of nitrogens with zero attached hydrogens (tertiary/aromatic N) is 1. The van der Waals surface area contributed by atoms with Crippen LogP contribution < -0.4 is 0 Å². The molecular weight excluding hydrogens is 461 g/mol. The molecule has 36 heavy (non-hydrogen) atoms. The normalized spacial score (nSPS) is 30.7. The van der Waals surface area contributed by atoms with Crippen LogP contribution in [0.25, 0.3) is 0 Å². The van der Waals surface area contributed by atoms with E-state index in [0.717, 1.165) is 37.7 Å². The molecule has 2 fully saturated rings. The molecule has 5 aliphatic rings. The number of ketones is 2. The number of phenolic OH excluding ortho intramolecular Hbond substituents is 1. The molecule has 1 heterocycles. The number of Topliss-reactive ketones (excluding diaryl/α,β-unsaturated/α-hetero) is 1. The lowest BCUT2D eigenvalue weighted by atomic mass is 9.59. The van der Waals surface area contributed by atoms with E-state index < -0.39 is 35.2 Å². The second kappa shape index (κ2) is 8.36. The maximum atomic E-state index is 14.5. The van der Waals surface area contributed by atoms with Crippen LogP contribution in [0.3, 0.4) is 0 Å². The molecule has 0 radical (unpaired) electrons. The highest BCUT2D eigenvalue weighted by atomic mass is 19.1. The summed E-state index contributed by atoms with van der Waals surface area (Å²) in [6.45, 7) is 1.59. The van der Waals surface area contributed by atoms with E-state index in [9.17, 15) is 28.7 Å². The van der Waals surface area contributed by atoms with Gasteiger partial charge >= 0.3 is 0 Å². The molecule has 1 aromatic carbocycles. The molecule has 1 saturated heterocycles. The van der Waals surface area contributed by atoms with Crippen LogP contribution in [0.1, 0.15) is 63.4 Å². The quantitative estimate of drug-likeness (QED) is 0.380. The Morgan fingerprint density at radius 3 is 2.47 bits per heavy atom. The van der Waals surface area contributed by atoms with Crippen LogP contribution in [0.5, 0.6) is 5.75 Å². The lowest BCUT2D eigenvalue weighted by Gasteiger charge is -2.42. The number of halogens is 1. The Morgan fingerprint density at radius 1 is 1.00 bits per heavy atom. The van der Waals surface area contributed by atoms with Crippen LogP contribution in [0.2, 0.25) is 0 Å². The van der Waals surface area contributed by atoms with E-state index in [-0.39, 0.29) is 35.8 Å². The van der Waals surface area contributed by atoms with Crippen molar-refractivity contribution in [1.82, 2.24) is 4.90 Å². The molecule has 1 N–H and O–H groups in total. The predicted octanol–water partition coefficient (Wildman–Crippen LogP) is 4.29. The van der Waals surface area contributed by atoms with Gasteiger partial charge in [-0.1, -0.05) is 37.0 Å². The summed E-state index contributed by atoms with van der Waals surface area (Å²) in [5, 5.41) is 9.76. The Balaban J connectivity index is 1.47. The Kier molecular flexibility index (Phi) is 5.36. The third-order valence-electron chi connectivity index (χ3n) is 8.84. The van der Waals surface area contributed by atoms with Crippen molar-refractivity contribution in [2.24, 2.45) is 17.8 Å². The fourth-order valence-corrected chi connectivity index (χ4v) is 7.17. The molecule has 4 atom stereocenters. The van der Waals surface area contributed by atoms with Gasteiger partial charge < -0.3 is 5.11 Å². The highest BCUT2D eigenvalue weighted by molar-refractivity contribution is 6.23. The average molecular weight is 490 g/mol. The first kappa shape index (κ1) is 23.1. The second-order valence-electron chi connectivity index (χ2n) is 10.8. The number of hydrogen-bond acceptors (Lipinski definition) is 5. The third kappa shape index (κ3) is 3.28. The van der Waals surface area contributed by atoms with Gasteiger partial charge in [0.25, 0.3) is 0 Å². The molecule has 0 bridgehead atoms. The van der Waals surface area contributed by atoms with Crippen LogP contribution >= 0.6 is 0 Å². The molecular formula is C29H28FNO5. The number of hydrogen-bond donors (Lipinski definition) is 1. The molecule has 7 heteroatoms. The minimum Gasteiger partial charge on any atom is -0.505 e. The molecule has 186 valence electrons. The summed E-state index contributed by atoms with van der Waals surface area (Å²) in [6, 6.07) is 3.93. The molecule has 6 nitrogen and oxygen atoms in total. The van der Waals surface area contributed by atoms with Crippen molar-refractivity contribution in [2.45, 2.75) is 63.8 Å². The minimum atomic E-state index is -0.816. The van der Waals surface area contributed by atoms with Crippen LogP contribution in [0.15, 0.2) is 52.6 Å². The molecule has 1 aromatic rings. The van der Waals surface area contributed by atoms with Crippen molar-refractivity contribution in [3.05, 3.63) is 64.0 Å². The first-order valence-corrected chi connectivity index (χ1v) is 12.8. The summed E-state index contributed by atoms with van der Waals surface area (Å²) in [4.78, 5) is 55.2. The molecule has 4 aliphatic carbocycles. The van der Waals surface area contributed by atoms with E-state index in [1.807, 2.05) is 6.08 Å². The van der Waals surface area contributed by atoms with Crippen molar-refractivity contribution < 1.29 is 28.7 Å². The zero-order valence-corrected chi connectivity index (χ0v) is 20.1. The number of rotatable bonds is 2. The van der Waals surface area contributed by atoms with Gasteiger partial charge in [0.1, 0.15) is 0 Å². The maximum absolute atomic E-state index is 14.5. The van der Waals surface area contributed by atoms with Gasteiger partial charge in [0.15, 0.2) is 23.1 Å². The SMILES string of the molecule is CC1=CC(=O)C2=C(C1=O)C(c1ccc(O)c(F)c1)C1=CCC3C(=O)N(C4CCCCC4)C(=O)C3C1C2. The smallest absolute Gasteiger partial charge is 0.233 e. The maximum Gasteiger partial charge on any atom is 0.233 e. The van der Waals surface area contributed by atoms with E-state index in [1.54, 1.807) is 13.0 Å². The zero-order valence-electron chi connectivity index (χ0n) is 20.1. The highest BCUT2D eigenvalue weighted by Crippen LogP contribution is 2.55. The number of benzene rings is 1. The topological polar surface area (TPSA) is 91.8 Å². The van der Waals surface area contributed by atoms with Gasteiger partial charge in [-0.15, -0.1) is 0 Å². The van der Waals surface area contributed by atoms with E-state index in [1.165, 1.54) is 23.1 Å². The molecule has 1 aliphatic heterocycles. The largest absolute Gasteiger partial charge is 0.505 e. The first-order chi connectivity index (χ1) is 17.3. The molecule has 0 spiro atoms. The molecule has 0 aromatic heterocycles. The minimum absolute atomic E-state index is 0.0726. The Labute approximate surface area is 208 Å². The lowest BCUT2D eigenvalue weighted by Crippen LogP contribution is -2.43. The van der Waals surface area contributed by atoms with Crippen molar-refractivity contribution in [3.63, 3.8) is 0 Å².